The summed E-state index contributed by atoms with van der Waals surface area (Å²) in [6, 6.07) is 21.7. The molecule has 3 aromatic carbocycles. The van der Waals surface area contributed by atoms with Crippen molar-refractivity contribution in [2.45, 2.75) is 58.0 Å². The molecule has 4 aromatic rings. The molecule has 0 saturated heterocycles. The van der Waals surface area contributed by atoms with E-state index in [-0.39, 0.29) is 28.7 Å². The van der Waals surface area contributed by atoms with Gasteiger partial charge in [-0.25, -0.2) is 0 Å². The van der Waals surface area contributed by atoms with E-state index in [2.05, 4.69) is 15.2 Å². The predicted octanol–water partition coefficient (Wildman–Crippen LogP) is 6.13. The number of fused-ring (bicyclic) bond motifs is 1. The lowest BCUT2D eigenvalue weighted by atomic mass is 9.94. The van der Waals surface area contributed by atoms with Gasteiger partial charge >= 0.3 is 0 Å². The van der Waals surface area contributed by atoms with Crippen LogP contribution in [-0.2, 0) is 4.79 Å². The molecule has 1 aliphatic rings. The minimum atomic E-state index is -0.820. The molecule has 7 heteroatoms. The van der Waals surface area contributed by atoms with E-state index >= 15 is 0 Å². The Morgan fingerprint density at radius 3 is 2.23 bits per heavy atom. The van der Waals surface area contributed by atoms with Crippen LogP contribution in [0.1, 0.15) is 72.7 Å². The summed E-state index contributed by atoms with van der Waals surface area (Å²) in [5, 5.41) is 5.94. The van der Waals surface area contributed by atoms with E-state index in [1.807, 2.05) is 48.5 Å². The van der Waals surface area contributed by atoms with Gasteiger partial charge in [0.1, 0.15) is 6.04 Å². The van der Waals surface area contributed by atoms with Crippen LogP contribution < -0.4 is 16.1 Å². The van der Waals surface area contributed by atoms with Gasteiger partial charge in [-0.2, -0.15) is 0 Å². The quantitative estimate of drug-likeness (QED) is 0.278. The molecule has 1 atom stereocenters. The standard InChI is InChI=1S/C33H33N3O4/c1-21(34-33(40)25-15-13-24(14-16-25)23-9-5-3-6-10-23)32(39)35-26-17-18-30-28(19-26)31(38)29(22(2)37)20-36(30)27-11-7-4-8-12-27/h3,5-6,9-10,13-21,27H,4,7-8,11-12H2,1-2H3,(H,34,40)(H,35,39)/t21-/m0/s1. The molecule has 1 aliphatic carbocycles. The number of anilines is 1. The van der Waals surface area contributed by atoms with Gasteiger partial charge in [-0.15, -0.1) is 0 Å². The van der Waals surface area contributed by atoms with E-state index in [9.17, 15) is 19.2 Å². The second kappa shape index (κ2) is 11.7. The number of Topliss-reactive ketones (excluding diaryl/α,β-unsaturated/α-hetero) is 1. The molecule has 2 amide bonds. The van der Waals surface area contributed by atoms with Gasteiger partial charge in [0.15, 0.2) is 11.2 Å². The SMILES string of the molecule is CC(=O)c1cn(C2CCCCC2)c2ccc(NC(=O)[C@H](C)NC(=O)c3ccc(-c4ccccc4)cc3)cc2c1=O. The Morgan fingerprint density at radius 2 is 1.55 bits per heavy atom. The van der Waals surface area contributed by atoms with Crippen LogP contribution in [0.5, 0.6) is 0 Å². The van der Waals surface area contributed by atoms with Crippen molar-refractivity contribution < 1.29 is 14.4 Å². The number of nitrogens with zero attached hydrogens (tertiary/aromatic N) is 1. The van der Waals surface area contributed by atoms with Crippen molar-refractivity contribution in [1.82, 2.24) is 9.88 Å². The van der Waals surface area contributed by atoms with Gasteiger partial charge in [0.05, 0.1) is 11.1 Å². The number of pyridine rings is 1. The summed E-state index contributed by atoms with van der Waals surface area (Å²) >= 11 is 0. The molecule has 0 spiro atoms. The minimum absolute atomic E-state index is 0.153. The zero-order valence-electron chi connectivity index (χ0n) is 22.8. The lowest BCUT2D eigenvalue weighted by molar-refractivity contribution is -0.117. The van der Waals surface area contributed by atoms with E-state index in [4.69, 9.17) is 0 Å². The molecule has 2 N–H and O–H groups in total. The first-order valence-electron chi connectivity index (χ1n) is 13.8. The van der Waals surface area contributed by atoms with Crippen LogP contribution >= 0.6 is 0 Å². The fourth-order valence-electron chi connectivity index (χ4n) is 5.39. The van der Waals surface area contributed by atoms with Crippen LogP contribution in [0.2, 0.25) is 0 Å². The summed E-state index contributed by atoms with van der Waals surface area (Å²) in [6.07, 6.45) is 7.12. The maximum absolute atomic E-state index is 13.2. The summed E-state index contributed by atoms with van der Waals surface area (Å²) in [4.78, 5) is 51.2. The van der Waals surface area contributed by atoms with Crippen LogP contribution in [0.15, 0.2) is 83.8 Å². The number of carbonyl (C=O) groups excluding carboxylic acids is 3. The molecule has 5 rings (SSSR count). The molecule has 0 unspecified atom stereocenters. The Bertz CT molecular complexity index is 1620. The lowest BCUT2D eigenvalue weighted by Gasteiger charge is -2.27. The number of rotatable bonds is 7. The lowest BCUT2D eigenvalue weighted by Crippen LogP contribution is -2.41. The first kappa shape index (κ1) is 27.1. The number of hydrogen-bond acceptors (Lipinski definition) is 4. The van der Waals surface area contributed by atoms with Gasteiger partial charge in [0, 0.05) is 28.9 Å². The first-order chi connectivity index (χ1) is 19.3. The summed E-state index contributed by atoms with van der Waals surface area (Å²) < 4.78 is 2.06. The second-order valence-electron chi connectivity index (χ2n) is 10.5. The highest BCUT2D eigenvalue weighted by Crippen LogP contribution is 2.31. The number of ketones is 1. The predicted molar refractivity (Wildman–Crippen MR) is 158 cm³/mol. The molecular weight excluding hydrogens is 502 g/mol. The van der Waals surface area contributed by atoms with Crippen molar-refractivity contribution in [2.75, 3.05) is 5.32 Å². The number of amides is 2. The Balaban J connectivity index is 1.32. The van der Waals surface area contributed by atoms with Crippen molar-refractivity contribution >= 4 is 34.2 Å². The molecule has 0 bridgehead atoms. The van der Waals surface area contributed by atoms with Crippen molar-refractivity contribution in [3.8, 4) is 11.1 Å². The third-order valence-corrected chi connectivity index (χ3v) is 7.64. The van der Waals surface area contributed by atoms with E-state index in [1.165, 1.54) is 13.3 Å². The van der Waals surface area contributed by atoms with Gasteiger partial charge in [-0.1, -0.05) is 61.7 Å². The monoisotopic (exact) mass is 535 g/mol. The highest BCUT2D eigenvalue weighted by molar-refractivity contribution is 6.02. The van der Waals surface area contributed by atoms with E-state index in [1.54, 1.807) is 37.4 Å². The first-order valence-corrected chi connectivity index (χ1v) is 13.8. The Labute approximate surface area is 233 Å². The summed E-state index contributed by atoms with van der Waals surface area (Å²) in [7, 11) is 0. The van der Waals surface area contributed by atoms with Crippen LogP contribution in [-0.4, -0.2) is 28.2 Å². The van der Waals surface area contributed by atoms with Gasteiger partial charge in [-0.05, 0) is 68.1 Å². The van der Waals surface area contributed by atoms with Gasteiger partial charge in [0.25, 0.3) is 5.91 Å². The molecule has 0 radical (unpaired) electrons. The highest BCUT2D eigenvalue weighted by Gasteiger charge is 2.21. The smallest absolute Gasteiger partial charge is 0.251 e. The number of hydrogen-bond donors (Lipinski definition) is 2. The topological polar surface area (TPSA) is 97.3 Å². The van der Waals surface area contributed by atoms with Crippen molar-refractivity contribution in [3.05, 3.63) is 100 Å². The summed E-state index contributed by atoms with van der Waals surface area (Å²) in [6.45, 7) is 3.01. The Morgan fingerprint density at radius 1 is 0.875 bits per heavy atom. The fourth-order valence-corrected chi connectivity index (χ4v) is 5.39. The number of benzene rings is 3. The van der Waals surface area contributed by atoms with Gasteiger partial charge in [0.2, 0.25) is 5.91 Å². The molecule has 204 valence electrons. The van der Waals surface area contributed by atoms with Crippen LogP contribution in [0, 0.1) is 0 Å². The van der Waals surface area contributed by atoms with E-state index in [0.29, 0.717) is 16.6 Å². The van der Waals surface area contributed by atoms with Crippen molar-refractivity contribution in [2.24, 2.45) is 0 Å². The van der Waals surface area contributed by atoms with Gasteiger partial charge < -0.3 is 15.2 Å². The fraction of sp³-hybridized carbons (Fsp3) is 0.273. The van der Waals surface area contributed by atoms with Gasteiger partial charge in [-0.3, -0.25) is 19.2 Å². The molecule has 1 fully saturated rings. The zero-order valence-corrected chi connectivity index (χ0v) is 22.8. The summed E-state index contributed by atoms with van der Waals surface area (Å²) in [5.74, 6) is -1.05. The van der Waals surface area contributed by atoms with Crippen LogP contribution in [0.3, 0.4) is 0 Å². The largest absolute Gasteiger partial charge is 0.343 e. The second-order valence-corrected chi connectivity index (χ2v) is 10.5. The van der Waals surface area contributed by atoms with Crippen LogP contribution in [0.4, 0.5) is 5.69 Å². The molecule has 1 saturated carbocycles. The Kier molecular flexibility index (Phi) is 7.91. The Hall–Kier alpha value is -4.52. The molecular formula is C33H33N3O4. The van der Waals surface area contributed by atoms with Crippen molar-refractivity contribution in [3.63, 3.8) is 0 Å². The molecule has 40 heavy (non-hydrogen) atoms. The number of nitrogens with one attached hydrogen (secondary N) is 2. The third kappa shape index (κ3) is 5.73. The third-order valence-electron chi connectivity index (χ3n) is 7.64. The normalized spacial score (nSPS) is 14.4. The van der Waals surface area contributed by atoms with E-state index in [0.717, 1.165) is 42.3 Å². The van der Waals surface area contributed by atoms with E-state index < -0.39 is 11.9 Å². The maximum atomic E-state index is 13.2. The zero-order chi connectivity index (χ0) is 28.2. The number of aromatic nitrogens is 1. The molecule has 1 aromatic heterocycles. The average molecular weight is 536 g/mol. The minimum Gasteiger partial charge on any atom is -0.343 e. The molecule has 0 aliphatic heterocycles. The molecule has 7 nitrogen and oxygen atoms in total. The average Bonchev–Trinajstić information content (AvgIpc) is 2.98. The maximum Gasteiger partial charge on any atom is 0.251 e. The van der Waals surface area contributed by atoms with Crippen LogP contribution in [0.25, 0.3) is 22.0 Å². The number of carbonyl (C=O) groups is 3. The molecule has 1 heterocycles. The van der Waals surface area contributed by atoms with Crippen molar-refractivity contribution in [1.29, 1.82) is 0 Å². The summed E-state index contributed by atoms with van der Waals surface area (Å²) in [5.41, 5.74) is 3.49. The highest BCUT2D eigenvalue weighted by atomic mass is 16.2.